The van der Waals surface area contributed by atoms with Crippen LogP contribution in [0.15, 0.2) is 11.6 Å². The van der Waals surface area contributed by atoms with Gasteiger partial charge in [0, 0.05) is 11.5 Å². The Morgan fingerprint density at radius 2 is 1.82 bits per heavy atom. The van der Waals surface area contributed by atoms with Gasteiger partial charge in [-0.2, -0.15) is 0 Å². The first kappa shape index (κ1) is 19.1. The molecule has 0 radical (unpaired) electrons. The fourth-order valence-corrected chi connectivity index (χ4v) is 8.37. The van der Waals surface area contributed by atoms with Gasteiger partial charge in [0.25, 0.3) is 0 Å². The number of fused-ring (bicyclic) bond motifs is 5. The second-order valence-electron chi connectivity index (χ2n) is 10.8. The summed E-state index contributed by atoms with van der Waals surface area (Å²) in [6, 6.07) is 0. The van der Waals surface area contributed by atoms with Crippen LogP contribution >= 0.6 is 0 Å². The first-order chi connectivity index (χ1) is 13.2. The van der Waals surface area contributed by atoms with Crippen molar-refractivity contribution in [3.05, 3.63) is 11.6 Å². The summed E-state index contributed by atoms with van der Waals surface area (Å²) in [5.41, 5.74) is -0.507. The average Bonchev–Trinajstić information content (AvgIpc) is 3.19. The predicted octanol–water partition coefficient (Wildman–Crippen LogP) is 2.58. The molecule has 5 heteroatoms. The molecule has 2 unspecified atom stereocenters. The standard InChI is InChI=1S/C23H34O5/c1-21-7-5-15(24)10-14(21)3-4-17-18(21)11-19(25)22(2)16(6-8-23(17,22)27)13-9-20(26)28-12-13/h9,14-19,24-25,27H,3-8,10-12H2,1-2H3/t14-,15+,16-,17?,18?,19-,21+,22+,23+/m1/s1. The van der Waals surface area contributed by atoms with Gasteiger partial charge in [0.15, 0.2) is 0 Å². The number of rotatable bonds is 1. The van der Waals surface area contributed by atoms with Gasteiger partial charge in [-0.05, 0) is 86.0 Å². The van der Waals surface area contributed by atoms with E-state index >= 15 is 0 Å². The van der Waals surface area contributed by atoms with Crippen molar-refractivity contribution in [2.45, 2.75) is 83.0 Å². The second kappa shape index (κ2) is 6.05. The zero-order valence-corrected chi connectivity index (χ0v) is 17.1. The summed E-state index contributed by atoms with van der Waals surface area (Å²) in [6.45, 7) is 4.69. The van der Waals surface area contributed by atoms with E-state index in [1.165, 1.54) is 0 Å². The van der Waals surface area contributed by atoms with Crippen LogP contribution in [0, 0.1) is 34.5 Å². The number of esters is 1. The van der Waals surface area contributed by atoms with Crippen molar-refractivity contribution in [3.8, 4) is 0 Å². The summed E-state index contributed by atoms with van der Waals surface area (Å²) in [5, 5.41) is 33.7. The molecular formula is C23H34O5. The number of hydrogen-bond donors (Lipinski definition) is 3. The molecule has 28 heavy (non-hydrogen) atoms. The van der Waals surface area contributed by atoms with Crippen molar-refractivity contribution in [2.75, 3.05) is 6.61 Å². The monoisotopic (exact) mass is 390 g/mol. The molecular weight excluding hydrogens is 356 g/mol. The lowest BCUT2D eigenvalue weighted by molar-refractivity contribution is -0.244. The Morgan fingerprint density at radius 3 is 2.54 bits per heavy atom. The first-order valence-electron chi connectivity index (χ1n) is 11.2. The highest BCUT2D eigenvalue weighted by Gasteiger charge is 2.70. The Morgan fingerprint density at radius 1 is 1.04 bits per heavy atom. The van der Waals surface area contributed by atoms with Gasteiger partial charge in [-0.1, -0.05) is 13.8 Å². The van der Waals surface area contributed by atoms with Gasteiger partial charge >= 0.3 is 5.97 Å². The van der Waals surface area contributed by atoms with Crippen LogP contribution in [0.25, 0.3) is 0 Å². The minimum absolute atomic E-state index is 0.00129. The molecule has 0 amide bonds. The highest BCUT2D eigenvalue weighted by molar-refractivity contribution is 5.85. The zero-order valence-electron chi connectivity index (χ0n) is 17.1. The van der Waals surface area contributed by atoms with Gasteiger partial charge in [-0.15, -0.1) is 0 Å². The van der Waals surface area contributed by atoms with Crippen LogP contribution in [0.2, 0.25) is 0 Å². The van der Waals surface area contributed by atoms with Crippen LogP contribution in [-0.4, -0.2) is 45.7 Å². The Labute approximate surface area is 167 Å². The number of carbonyl (C=O) groups excluding carboxylic acids is 1. The summed E-state index contributed by atoms with van der Waals surface area (Å²) < 4.78 is 5.16. The van der Waals surface area contributed by atoms with E-state index in [2.05, 4.69) is 6.92 Å². The number of aliphatic hydroxyl groups is 3. The lowest BCUT2D eigenvalue weighted by atomic mass is 9.42. The van der Waals surface area contributed by atoms with Gasteiger partial charge in [0.2, 0.25) is 0 Å². The van der Waals surface area contributed by atoms with Crippen molar-refractivity contribution >= 4 is 5.97 Å². The molecule has 0 aromatic rings. The molecule has 0 aromatic heterocycles. The average molecular weight is 391 g/mol. The van der Waals surface area contributed by atoms with Gasteiger partial charge in [-0.25, -0.2) is 4.79 Å². The third-order valence-electron chi connectivity index (χ3n) is 10.0. The minimum Gasteiger partial charge on any atom is -0.458 e. The van der Waals surface area contributed by atoms with Gasteiger partial charge in [-0.3, -0.25) is 0 Å². The van der Waals surface area contributed by atoms with Crippen LogP contribution in [0.1, 0.15) is 65.2 Å². The molecule has 4 aliphatic carbocycles. The second-order valence-corrected chi connectivity index (χ2v) is 10.8. The molecule has 0 spiro atoms. The number of hydrogen-bond acceptors (Lipinski definition) is 5. The molecule has 0 saturated heterocycles. The van der Waals surface area contributed by atoms with Gasteiger partial charge in [0.05, 0.1) is 17.8 Å². The zero-order chi connectivity index (χ0) is 19.9. The maximum Gasteiger partial charge on any atom is 0.331 e. The number of ether oxygens (including phenoxy) is 1. The molecule has 5 aliphatic rings. The van der Waals surface area contributed by atoms with E-state index in [0.717, 1.165) is 44.1 Å². The van der Waals surface area contributed by atoms with Crippen LogP contribution in [-0.2, 0) is 9.53 Å². The van der Waals surface area contributed by atoms with Gasteiger partial charge in [0.1, 0.15) is 6.61 Å². The first-order valence-corrected chi connectivity index (χ1v) is 11.2. The molecule has 5 rings (SSSR count). The highest BCUT2D eigenvalue weighted by atomic mass is 16.5. The Hall–Kier alpha value is -0.910. The molecule has 9 atom stereocenters. The summed E-state index contributed by atoms with van der Waals surface area (Å²) in [4.78, 5) is 11.6. The third kappa shape index (κ3) is 2.27. The van der Waals surface area contributed by atoms with Crippen LogP contribution < -0.4 is 0 Å². The SMILES string of the molecule is C[C@]12[C@H](O)CC3C(CC[C@@H]4C[C@@H](O)CC[C@]34C)[C@@]1(O)CC[C@@H]2C1=CC(=O)OC1. The normalized spacial score (nSPS) is 55.8. The van der Waals surface area contributed by atoms with E-state index in [0.29, 0.717) is 31.3 Å². The van der Waals surface area contributed by atoms with E-state index in [-0.39, 0.29) is 29.3 Å². The summed E-state index contributed by atoms with van der Waals surface area (Å²) in [5.74, 6) is 0.657. The molecule has 156 valence electrons. The summed E-state index contributed by atoms with van der Waals surface area (Å²) in [7, 11) is 0. The van der Waals surface area contributed by atoms with Crippen LogP contribution in [0.3, 0.4) is 0 Å². The highest BCUT2D eigenvalue weighted by Crippen LogP contribution is 2.69. The smallest absolute Gasteiger partial charge is 0.331 e. The summed E-state index contributed by atoms with van der Waals surface area (Å²) in [6.07, 6.45) is 7.69. The number of cyclic esters (lactones) is 1. The quantitative estimate of drug-likeness (QED) is 0.599. The van der Waals surface area contributed by atoms with Crippen molar-refractivity contribution in [1.82, 2.24) is 0 Å². The van der Waals surface area contributed by atoms with Crippen LogP contribution in [0.5, 0.6) is 0 Å². The van der Waals surface area contributed by atoms with Crippen molar-refractivity contribution < 1.29 is 24.9 Å². The van der Waals surface area contributed by atoms with Crippen molar-refractivity contribution in [2.24, 2.45) is 34.5 Å². The molecule has 1 heterocycles. The van der Waals surface area contributed by atoms with E-state index in [1.807, 2.05) is 6.92 Å². The van der Waals surface area contributed by atoms with E-state index in [9.17, 15) is 20.1 Å². The third-order valence-corrected chi connectivity index (χ3v) is 10.0. The fourth-order valence-electron chi connectivity index (χ4n) is 8.37. The van der Waals surface area contributed by atoms with E-state index in [4.69, 9.17) is 4.74 Å². The van der Waals surface area contributed by atoms with Gasteiger partial charge < -0.3 is 20.1 Å². The maximum absolute atomic E-state index is 12.1. The topological polar surface area (TPSA) is 87.0 Å². The summed E-state index contributed by atoms with van der Waals surface area (Å²) >= 11 is 0. The molecule has 0 aromatic carbocycles. The lowest BCUT2D eigenvalue weighted by Crippen LogP contribution is -2.67. The predicted molar refractivity (Wildman–Crippen MR) is 103 cm³/mol. The lowest BCUT2D eigenvalue weighted by Gasteiger charge is -2.64. The minimum atomic E-state index is -0.906. The van der Waals surface area contributed by atoms with Crippen LogP contribution in [0.4, 0.5) is 0 Å². The Balaban J connectivity index is 1.51. The molecule has 5 nitrogen and oxygen atoms in total. The fraction of sp³-hybridized carbons (Fsp3) is 0.870. The largest absolute Gasteiger partial charge is 0.458 e. The molecule has 4 fully saturated rings. The Bertz CT molecular complexity index is 718. The molecule has 1 aliphatic heterocycles. The molecule has 0 bridgehead atoms. The van der Waals surface area contributed by atoms with Crippen molar-refractivity contribution in [3.63, 3.8) is 0 Å². The molecule has 3 N–H and O–H groups in total. The van der Waals surface area contributed by atoms with E-state index < -0.39 is 17.1 Å². The van der Waals surface area contributed by atoms with E-state index in [1.54, 1.807) is 6.08 Å². The van der Waals surface area contributed by atoms with Crippen molar-refractivity contribution in [1.29, 1.82) is 0 Å². The Kier molecular flexibility index (Phi) is 4.12. The number of carbonyl (C=O) groups is 1. The molecule has 4 saturated carbocycles. The number of aliphatic hydroxyl groups excluding tert-OH is 2. The maximum atomic E-state index is 12.1.